The number of carboxylic acid groups (broad SMARTS) is 1. The predicted octanol–water partition coefficient (Wildman–Crippen LogP) is 2.28. The topological polar surface area (TPSA) is 53.1 Å². The summed E-state index contributed by atoms with van der Waals surface area (Å²) >= 11 is 0. The molecule has 0 aliphatic carbocycles. The number of aromatic nitrogens is 1. The molecule has 0 aliphatic rings. The number of nitrogens with one attached hydrogen (secondary N) is 1. The van der Waals surface area contributed by atoms with Gasteiger partial charge < -0.3 is 10.1 Å². The summed E-state index contributed by atoms with van der Waals surface area (Å²) in [6.45, 7) is 0. The van der Waals surface area contributed by atoms with Gasteiger partial charge in [0, 0.05) is 11.5 Å². The Morgan fingerprint density at radius 3 is 2.67 bits per heavy atom. The largest absolute Gasteiger partial charge is 0.477 e. The van der Waals surface area contributed by atoms with Gasteiger partial charge in [0.25, 0.3) is 0 Å². The average molecular weight is 216 g/mol. The number of H-pyrrole nitrogens is 1. The number of hydrogen-bond donors (Lipinski definition) is 2. The molecular formula is C9H4F3NO2. The van der Waals surface area contributed by atoms with Crippen molar-refractivity contribution in [3.63, 3.8) is 0 Å². The van der Waals surface area contributed by atoms with Crippen LogP contribution in [0.5, 0.6) is 0 Å². The maximum atomic E-state index is 13.2. The average Bonchev–Trinajstić information content (AvgIpc) is 2.53. The van der Waals surface area contributed by atoms with Gasteiger partial charge >= 0.3 is 5.97 Å². The molecular weight excluding hydrogens is 211 g/mol. The third-order valence-electron chi connectivity index (χ3n) is 1.89. The van der Waals surface area contributed by atoms with E-state index in [9.17, 15) is 18.0 Å². The SMILES string of the molecule is [2H]c1c(C(=O)O)[nH]c2c(F)c(F)cc(F)c12. The molecule has 0 bridgehead atoms. The molecule has 0 aliphatic heterocycles. The van der Waals surface area contributed by atoms with E-state index in [0.29, 0.717) is 0 Å². The minimum Gasteiger partial charge on any atom is -0.477 e. The van der Waals surface area contributed by atoms with Crippen molar-refractivity contribution in [1.29, 1.82) is 0 Å². The minimum atomic E-state index is -1.54. The second kappa shape index (κ2) is 3.01. The zero-order valence-corrected chi connectivity index (χ0v) is 7.07. The van der Waals surface area contributed by atoms with Crippen LogP contribution in [0.4, 0.5) is 13.2 Å². The van der Waals surface area contributed by atoms with Crippen LogP contribution in [0.3, 0.4) is 0 Å². The molecule has 0 amide bonds. The number of halogens is 3. The lowest BCUT2D eigenvalue weighted by Crippen LogP contribution is -1.95. The van der Waals surface area contributed by atoms with E-state index < -0.39 is 46.1 Å². The molecule has 1 heterocycles. The Morgan fingerprint density at radius 1 is 1.40 bits per heavy atom. The molecule has 78 valence electrons. The molecule has 2 N–H and O–H groups in total. The van der Waals surface area contributed by atoms with Crippen molar-refractivity contribution < 1.29 is 24.4 Å². The third-order valence-corrected chi connectivity index (χ3v) is 1.89. The number of hydrogen-bond acceptors (Lipinski definition) is 1. The van der Waals surface area contributed by atoms with Crippen molar-refractivity contribution in [2.24, 2.45) is 0 Å². The summed E-state index contributed by atoms with van der Waals surface area (Å²) in [5.41, 5.74) is -1.33. The highest BCUT2D eigenvalue weighted by molar-refractivity contribution is 5.94. The van der Waals surface area contributed by atoms with Crippen LogP contribution < -0.4 is 0 Å². The van der Waals surface area contributed by atoms with Crippen molar-refractivity contribution in [1.82, 2.24) is 4.98 Å². The molecule has 0 unspecified atom stereocenters. The summed E-state index contributed by atoms with van der Waals surface area (Å²) in [5.74, 6) is -5.57. The fourth-order valence-corrected chi connectivity index (χ4v) is 1.22. The molecule has 15 heavy (non-hydrogen) atoms. The van der Waals surface area contributed by atoms with Crippen LogP contribution in [0, 0.1) is 17.5 Å². The van der Waals surface area contributed by atoms with Crippen LogP contribution in [-0.4, -0.2) is 16.1 Å². The fourth-order valence-electron chi connectivity index (χ4n) is 1.22. The Morgan fingerprint density at radius 2 is 2.07 bits per heavy atom. The smallest absolute Gasteiger partial charge is 0.352 e. The fraction of sp³-hybridized carbons (Fsp3) is 0. The summed E-state index contributed by atoms with van der Waals surface area (Å²) < 4.78 is 46.5. The number of aromatic amines is 1. The Kier molecular flexibility index (Phi) is 1.67. The quantitative estimate of drug-likeness (QED) is 0.718. The summed E-state index contributed by atoms with van der Waals surface area (Å²) in [6.07, 6.45) is 0. The Balaban J connectivity index is 2.96. The molecule has 2 rings (SSSR count). The van der Waals surface area contributed by atoms with E-state index in [4.69, 9.17) is 6.48 Å². The van der Waals surface area contributed by atoms with Crippen molar-refractivity contribution in [3.05, 3.63) is 35.3 Å². The summed E-state index contributed by atoms with van der Waals surface area (Å²) in [7, 11) is 0. The molecule has 6 heteroatoms. The molecule has 1 aromatic heterocycles. The standard InChI is InChI=1S/C9H4F3NO2/c10-4-2-5(11)7(12)8-3(4)1-6(13-8)9(14)15/h1-2,13H,(H,14,15)/i1D. The van der Waals surface area contributed by atoms with Gasteiger partial charge in [0.2, 0.25) is 0 Å². The number of benzene rings is 1. The van der Waals surface area contributed by atoms with E-state index >= 15 is 0 Å². The van der Waals surface area contributed by atoms with Crippen LogP contribution >= 0.6 is 0 Å². The highest BCUT2D eigenvalue weighted by atomic mass is 19.2. The Labute approximate surface area is 82.5 Å². The molecule has 1 aromatic carbocycles. The van der Waals surface area contributed by atoms with Gasteiger partial charge in [-0.2, -0.15) is 0 Å². The van der Waals surface area contributed by atoms with Crippen LogP contribution in [0.15, 0.2) is 12.1 Å². The zero-order chi connectivity index (χ0) is 12.0. The first-order valence-corrected chi connectivity index (χ1v) is 3.82. The monoisotopic (exact) mass is 216 g/mol. The second-order valence-corrected chi connectivity index (χ2v) is 2.83. The maximum Gasteiger partial charge on any atom is 0.352 e. The molecule has 3 nitrogen and oxygen atoms in total. The molecule has 0 fully saturated rings. The first-order valence-electron chi connectivity index (χ1n) is 4.32. The lowest BCUT2D eigenvalue weighted by molar-refractivity contribution is 0.0691. The minimum absolute atomic E-state index is 0.273. The van der Waals surface area contributed by atoms with Crippen molar-refractivity contribution in [2.75, 3.05) is 0 Å². The maximum absolute atomic E-state index is 13.2. The van der Waals surface area contributed by atoms with Gasteiger partial charge in [-0.15, -0.1) is 0 Å². The van der Waals surface area contributed by atoms with Gasteiger partial charge in [0.1, 0.15) is 11.5 Å². The van der Waals surface area contributed by atoms with E-state index in [1.165, 1.54) is 0 Å². The van der Waals surface area contributed by atoms with Gasteiger partial charge in [-0.3, -0.25) is 0 Å². The van der Waals surface area contributed by atoms with Crippen LogP contribution in [0.25, 0.3) is 10.9 Å². The van der Waals surface area contributed by atoms with E-state index in [1.807, 2.05) is 4.98 Å². The van der Waals surface area contributed by atoms with Crippen LogP contribution in [0.2, 0.25) is 0 Å². The highest BCUT2D eigenvalue weighted by Gasteiger charge is 2.17. The molecule has 2 aromatic rings. The zero-order valence-electron chi connectivity index (χ0n) is 8.07. The predicted molar refractivity (Wildman–Crippen MR) is 45.1 cm³/mol. The number of fused-ring (bicyclic) bond motifs is 1. The lowest BCUT2D eigenvalue weighted by Gasteiger charge is -1.95. The van der Waals surface area contributed by atoms with Crippen molar-refractivity contribution in [3.8, 4) is 0 Å². The van der Waals surface area contributed by atoms with Crippen LogP contribution in [-0.2, 0) is 0 Å². The first kappa shape index (κ1) is 8.34. The third kappa shape index (κ3) is 1.34. The Hall–Kier alpha value is -1.98. The number of aromatic carboxylic acids is 1. The first-order chi connectivity index (χ1) is 7.43. The highest BCUT2D eigenvalue weighted by Crippen LogP contribution is 2.24. The van der Waals surface area contributed by atoms with E-state index in [2.05, 4.69) is 0 Å². The normalized spacial score (nSPS) is 11.8. The second-order valence-electron chi connectivity index (χ2n) is 2.83. The van der Waals surface area contributed by atoms with Gasteiger partial charge in [0.05, 0.1) is 6.89 Å². The number of carboxylic acids is 1. The summed E-state index contributed by atoms with van der Waals surface area (Å²) in [5, 5.41) is 8.06. The summed E-state index contributed by atoms with van der Waals surface area (Å²) in [6, 6.07) is -0.436. The molecule has 0 saturated carbocycles. The molecule has 0 atom stereocenters. The Bertz CT molecular complexity index is 609. The van der Waals surface area contributed by atoms with E-state index in [0.717, 1.165) is 0 Å². The lowest BCUT2D eigenvalue weighted by atomic mass is 10.2. The number of carbonyl (C=O) groups is 1. The van der Waals surface area contributed by atoms with Gasteiger partial charge in [-0.1, -0.05) is 0 Å². The molecule has 0 radical (unpaired) electrons. The van der Waals surface area contributed by atoms with Crippen LogP contribution in [0.1, 0.15) is 11.9 Å². The van der Waals surface area contributed by atoms with Crippen molar-refractivity contribution >= 4 is 16.9 Å². The van der Waals surface area contributed by atoms with Gasteiger partial charge in [-0.05, 0) is 6.04 Å². The molecule has 0 spiro atoms. The van der Waals surface area contributed by atoms with Gasteiger partial charge in [-0.25, -0.2) is 18.0 Å². The van der Waals surface area contributed by atoms with E-state index in [1.54, 1.807) is 0 Å². The van der Waals surface area contributed by atoms with Crippen molar-refractivity contribution in [2.45, 2.75) is 0 Å². The molecule has 0 saturated heterocycles. The number of rotatable bonds is 1. The van der Waals surface area contributed by atoms with E-state index in [-0.39, 0.29) is 6.07 Å². The summed E-state index contributed by atoms with van der Waals surface area (Å²) in [4.78, 5) is 12.6. The van der Waals surface area contributed by atoms with Gasteiger partial charge in [0.15, 0.2) is 11.6 Å².